The molecule has 1 aromatic heterocycles. The quantitative estimate of drug-likeness (QED) is 0.876. The van der Waals surface area contributed by atoms with E-state index in [2.05, 4.69) is 18.3 Å². The van der Waals surface area contributed by atoms with E-state index in [9.17, 15) is 4.39 Å². The number of nitrogens with one attached hydrogen (secondary N) is 1. The zero-order chi connectivity index (χ0) is 13.9. The zero-order valence-corrected chi connectivity index (χ0v) is 12.6. The summed E-state index contributed by atoms with van der Waals surface area (Å²) in [7, 11) is 0. The van der Waals surface area contributed by atoms with Gasteiger partial charge in [0.25, 0.3) is 0 Å². The molecule has 1 aliphatic carbocycles. The summed E-state index contributed by atoms with van der Waals surface area (Å²) in [6.07, 6.45) is 4.95. The summed E-state index contributed by atoms with van der Waals surface area (Å²) in [5.74, 6) is -0.121. The number of halogens is 1. The molecule has 3 rings (SSSR count). The second kappa shape index (κ2) is 6.06. The predicted molar refractivity (Wildman–Crippen MR) is 82.9 cm³/mol. The average molecular weight is 289 g/mol. The molecule has 1 aliphatic rings. The largest absolute Gasteiger partial charge is 0.306 e. The van der Waals surface area contributed by atoms with Gasteiger partial charge in [-0.05, 0) is 49.9 Å². The molecule has 1 unspecified atom stereocenters. The summed E-state index contributed by atoms with van der Waals surface area (Å²) in [6.45, 7) is 2.91. The Bertz CT molecular complexity index is 567. The average Bonchev–Trinajstić information content (AvgIpc) is 2.89. The third-order valence-corrected chi connectivity index (χ3v) is 5.23. The third kappa shape index (κ3) is 2.65. The van der Waals surface area contributed by atoms with Gasteiger partial charge in [-0.3, -0.25) is 0 Å². The molecule has 0 fully saturated rings. The van der Waals surface area contributed by atoms with Crippen LogP contribution in [0.5, 0.6) is 0 Å². The lowest BCUT2D eigenvalue weighted by Gasteiger charge is -2.17. The van der Waals surface area contributed by atoms with Crippen molar-refractivity contribution in [3.63, 3.8) is 0 Å². The van der Waals surface area contributed by atoms with E-state index >= 15 is 0 Å². The Kier molecular flexibility index (Phi) is 4.18. The lowest BCUT2D eigenvalue weighted by Crippen LogP contribution is -2.22. The molecule has 106 valence electrons. The van der Waals surface area contributed by atoms with Gasteiger partial charge in [0.2, 0.25) is 0 Å². The van der Waals surface area contributed by atoms with Crippen LogP contribution in [0.15, 0.2) is 30.3 Å². The Morgan fingerprint density at radius 3 is 2.80 bits per heavy atom. The van der Waals surface area contributed by atoms with Crippen LogP contribution in [0.25, 0.3) is 0 Å². The first-order valence-corrected chi connectivity index (χ1v) is 8.20. The van der Waals surface area contributed by atoms with Gasteiger partial charge in [-0.1, -0.05) is 25.1 Å². The number of aryl methyl sites for hydroxylation is 2. The Morgan fingerprint density at radius 1 is 1.25 bits per heavy atom. The summed E-state index contributed by atoms with van der Waals surface area (Å²) >= 11 is 1.86. The minimum atomic E-state index is -0.121. The van der Waals surface area contributed by atoms with Crippen molar-refractivity contribution >= 4 is 11.3 Å². The van der Waals surface area contributed by atoms with Crippen molar-refractivity contribution in [1.82, 2.24) is 5.32 Å². The fraction of sp³-hybridized carbons (Fsp3) is 0.412. The Morgan fingerprint density at radius 2 is 2.05 bits per heavy atom. The number of rotatable bonds is 4. The molecule has 0 amide bonds. The molecule has 0 bridgehead atoms. The smallest absolute Gasteiger partial charge is 0.128 e. The van der Waals surface area contributed by atoms with Gasteiger partial charge in [0.05, 0.1) is 6.04 Å². The predicted octanol–water partition coefficient (Wildman–Crippen LogP) is 4.46. The molecule has 0 radical (unpaired) electrons. The van der Waals surface area contributed by atoms with Crippen LogP contribution in [0.1, 0.15) is 46.7 Å². The van der Waals surface area contributed by atoms with Gasteiger partial charge in [-0.15, -0.1) is 11.3 Å². The van der Waals surface area contributed by atoms with Crippen LogP contribution in [-0.4, -0.2) is 6.54 Å². The molecule has 0 spiro atoms. The van der Waals surface area contributed by atoms with Crippen molar-refractivity contribution in [3.05, 3.63) is 57.0 Å². The molecular formula is C17H20FNS. The minimum Gasteiger partial charge on any atom is -0.306 e. The second-order valence-corrected chi connectivity index (χ2v) is 6.48. The molecule has 1 N–H and O–H groups in total. The highest BCUT2D eigenvalue weighted by atomic mass is 32.1. The van der Waals surface area contributed by atoms with Crippen molar-refractivity contribution < 1.29 is 4.39 Å². The maximum atomic E-state index is 14.1. The zero-order valence-electron chi connectivity index (χ0n) is 11.8. The van der Waals surface area contributed by atoms with Crippen molar-refractivity contribution in [2.45, 2.75) is 38.6 Å². The monoisotopic (exact) mass is 289 g/mol. The number of hydrogen-bond donors (Lipinski definition) is 1. The molecule has 3 heteroatoms. The molecule has 1 nitrogen and oxygen atoms in total. The van der Waals surface area contributed by atoms with E-state index in [0.29, 0.717) is 0 Å². The van der Waals surface area contributed by atoms with Gasteiger partial charge in [-0.25, -0.2) is 4.39 Å². The molecule has 0 aliphatic heterocycles. The van der Waals surface area contributed by atoms with Gasteiger partial charge >= 0.3 is 0 Å². The number of benzene rings is 1. The van der Waals surface area contributed by atoms with Crippen LogP contribution in [0, 0.1) is 5.82 Å². The second-order valence-electron chi connectivity index (χ2n) is 5.32. The molecule has 0 saturated carbocycles. The standard InChI is InChI=1S/C17H20FNS/c1-2-19-17(13-8-4-5-9-14(13)18)16-11-12-7-3-6-10-15(12)20-16/h4-5,8-9,11,17,19H,2-3,6-7,10H2,1H3. The first-order chi connectivity index (χ1) is 9.79. The SMILES string of the molecule is CCNC(c1cc2c(s1)CCCC2)c1ccccc1F. The lowest BCUT2D eigenvalue weighted by atomic mass is 9.97. The number of hydrogen-bond acceptors (Lipinski definition) is 2. The summed E-state index contributed by atoms with van der Waals surface area (Å²) in [6, 6.07) is 9.38. The highest BCUT2D eigenvalue weighted by Gasteiger charge is 2.21. The molecule has 1 aromatic carbocycles. The molecule has 1 atom stereocenters. The van der Waals surface area contributed by atoms with Crippen LogP contribution < -0.4 is 5.32 Å². The van der Waals surface area contributed by atoms with Gasteiger partial charge < -0.3 is 5.32 Å². The van der Waals surface area contributed by atoms with E-state index in [0.717, 1.165) is 12.1 Å². The van der Waals surface area contributed by atoms with E-state index < -0.39 is 0 Å². The fourth-order valence-electron chi connectivity index (χ4n) is 2.93. The normalized spacial score (nSPS) is 15.9. The molecule has 20 heavy (non-hydrogen) atoms. The highest BCUT2D eigenvalue weighted by molar-refractivity contribution is 7.12. The topological polar surface area (TPSA) is 12.0 Å². The molecule has 0 saturated heterocycles. The van der Waals surface area contributed by atoms with Crippen LogP contribution in [-0.2, 0) is 12.8 Å². The van der Waals surface area contributed by atoms with E-state index in [4.69, 9.17) is 0 Å². The van der Waals surface area contributed by atoms with Crippen molar-refractivity contribution in [2.75, 3.05) is 6.54 Å². The van der Waals surface area contributed by atoms with Crippen LogP contribution >= 0.6 is 11.3 Å². The molecule has 2 aromatic rings. The van der Waals surface area contributed by atoms with Crippen molar-refractivity contribution in [3.8, 4) is 0 Å². The lowest BCUT2D eigenvalue weighted by molar-refractivity contribution is 0.563. The molecular weight excluding hydrogens is 269 g/mol. The van der Waals surface area contributed by atoms with E-state index in [1.807, 2.05) is 23.5 Å². The van der Waals surface area contributed by atoms with Gasteiger partial charge in [0.15, 0.2) is 0 Å². The summed E-state index contributed by atoms with van der Waals surface area (Å²) in [5.41, 5.74) is 2.24. The summed E-state index contributed by atoms with van der Waals surface area (Å²) < 4.78 is 14.1. The van der Waals surface area contributed by atoms with Crippen LogP contribution in [0.3, 0.4) is 0 Å². The summed E-state index contributed by atoms with van der Waals surface area (Å²) in [5, 5.41) is 3.44. The maximum Gasteiger partial charge on any atom is 0.128 e. The van der Waals surface area contributed by atoms with Gasteiger partial charge in [0.1, 0.15) is 5.82 Å². The Labute approximate surface area is 123 Å². The van der Waals surface area contributed by atoms with Crippen LogP contribution in [0.2, 0.25) is 0 Å². The first-order valence-electron chi connectivity index (χ1n) is 7.39. The van der Waals surface area contributed by atoms with Gasteiger partial charge in [-0.2, -0.15) is 0 Å². The Balaban J connectivity index is 1.98. The summed E-state index contributed by atoms with van der Waals surface area (Å²) in [4.78, 5) is 2.76. The first kappa shape index (κ1) is 13.8. The maximum absolute atomic E-state index is 14.1. The third-order valence-electron chi connectivity index (χ3n) is 3.92. The van der Waals surface area contributed by atoms with E-state index in [-0.39, 0.29) is 11.9 Å². The van der Waals surface area contributed by atoms with E-state index in [1.54, 1.807) is 12.1 Å². The number of thiophene rings is 1. The molecule has 1 heterocycles. The number of fused-ring (bicyclic) bond motifs is 1. The minimum absolute atomic E-state index is 0.0169. The van der Waals surface area contributed by atoms with Crippen molar-refractivity contribution in [2.24, 2.45) is 0 Å². The van der Waals surface area contributed by atoms with E-state index in [1.165, 1.54) is 41.0 Å². The Hall–Kier alpha value is -1.19. The van der Waals surface area contributed by atoms with Crippen LogP contribution in [0.4, 0.5) is 4.39 Å². The van der Waals surface area contributed by atoms with Gasteiger partial charge in [0, 0.05) is 15.3 Å². The van der Waals surface area contributed by atoms with Crippen molar-refractivity contribution in [1.29, 1.82) is 0 Å². The highest BCUT2D eigenvalue weighted by Crippen LogP contribution is 2.35. The fourth-order valence-corrected chi connectivity index (χ4v) is 4.29.